The van der Waals surface area contributed by atoms with Gasteiger partial charge in [-0.1, -0.05) is 211 Å². The molecule has 0 saturated heterocycles. The first-order valence-electron chi connectivity index (χ1n) is 28.3. The van der Waals surface area contributed by atoms with Gasteiger partial charge in [-0.2, -0.15) is 0 Å². The van der Waals surface area contributed by atoms with Gasteiger partial charge in [-0.05, 0) is 174 Å². The topological polar surface area (TPSA) is 16.4 Å². The third-order valence-corrected chi connectivity index (χ3v) is 20.1. The highest BCUT2D eigenvalue weighted by Crippen LogP contribution is 2.95. The maximum atomic E-state index is 6.60. The average molecular weight is 994 g/mol. The van der Waals surface area contributed by atoms with Crippen LogP contribution in [0, 0.1) is 29.1 Å². The van der Waals surface area contributed by atoms with Crippen LogP contribution >= 0.6 is 0 Å². The fourth-order valence-electron chi connectivity index (χ4n) is 16.6. The van der Waals surface area contributed by atoms with Crippen LogP contribution in [0.4, 0.5) is 17.1 Å². The maximum Gasteiger partial charge on any atom is 0.136 e. The molecule has 4 atom stereocenters. The van der Waals surface area contributed by atoms with Gasteiger partial charge in [0.15, 0.2) is 0 Å². The predicted molar refractivity (Wildman–Crippen MR) is 322 cm³/mol. The predicted octanol–water partition coefficient (Wildman–Crippen LogP) is 20.4. The molecule has 16 rings (SSSR count). The lowest BCUT2D eigenvalue weighted by Crippen LogP contribution is -2.88. The molecular formula is C75H63NO. The summed E-state index contributed by atoms with van der Waals surface area (Å²) in [6.45, 7) is 14.0. The highest BCUT2D eigenvalue weighted by Gasteiger charge is 2.90. The minimum Gasteiger partial charge on any atom is -0.456 e. The van der Waals surface area contributed by atoms with E-state index < -0.39 is 0 Å². The van der Waals surface area contributed by atoms with Gasteiger partial charge in [-0.3, -0.25) is 0 Å². The Hall–Kier alpha value is -7.94. The molecule has 0 aliphatic heterocycles. The minimum absolute atomic E-state index is 0.0210. The Labute approximate surface area is 453 Å². The second-order valence-electron chi connectivity index (χ2n) is 25.6. The smallest absolute Gasteiger partial charge is 0.136 e. The summed E-state index contributed by atoms with van der Waals surface area (Å²) < 4.78 is 6.60. The number of hydrogen-bond donors (Lipinski definition) is 0. The zero-order valence-corrected chi connectivity index (χ0v) is 45.0. The van der Waals surface area contributed by atoms with Crippen LogP contribution in [0.1, 0.15) is 83.1 Å². The average Bonchev–Trinajstić information content (AvgIpc) is 1.87. The van der Waals surface area contributed by atoms with Gasteiger partial charge in [0.25, 0.3) is 0 Å². The van der Waals surface area contributed by atoms with E-state index >= 15 is 0 Å². The SMILES string of the molecule is CC(C)(C)c1cc(-c2cccc3cccc(-c4ccccc4N(c4ccccc4-c4ccc5c(c4)C4(c6ccccc6-5)C5CC6CC7CC4C675)c4ccccc4-c4ccc5c(c4)oc4ccccc45)c23)cc(C(C)(C)C)c1. The number of furan rings is 1. The Morgan fingerprint density at radius 3 is 1.57 bits per heavy atom. The van der Waals surface area contributed by atoms with E-state index in [2.05, 4.69) is 259 Å². The summed E-state index contributed by atoms with van der Waals surface area (Å²) in [6, 6.07) is 80.8. The van der Waals surface area contributed by atoms with Gasteiger partial charge in [0.1, 0.15) is 11.2 Å². The number of nitrogens with zero attached hydrogens (tertiary/aromatic N) is 1. The Balaban J connectivity index is 0.926. The standard InChI is InChI=1S/C75H63NO/c1-72(2,3)49-37-48(38-50(41-49)73(4,5)6)55-26-17-19-45-20-18-27-61(71(45)55)58-24-10-15-31-66(58)76(65-30-14-9-22-54(65)47-34-36-60-59-25-11-16-32-67(59)77-68(60)40-47)64-29-13-8-21-53(64)46-33-35-57-56-23-7-12-28-62(56)75(63(57)39-46)69-43-51-42-52-44-70(75)74(51,52)69/h7-41,51-52,69-70H,42-44H2,1-6H3. The molecule has 0 radical (unpaired) electrons. The fraction of sp³-hybridized carbons (Fsp3) is 0.227. The number of anilines is 3. The molecule has 10 aromatic carbocycles. The van der Waals surface area contributed by atoms with Crippen molar-refractivity contribution in [3.63, 3.8) is 0 Å². The molecule has 2 nitrogen and oxygen atoms in total. The molecule has 4 saturated carbocycles. The molecule has 1 heterocycles. The summed E-state index contributed by atoms with van der Waals surface area (Å²) in [5.74, 6) is 3.42. The molecule has 2 heteroatoms. The first-order chi connectivity index (χ1) is 37.4. The molecule has 11 aromatic rings. The van der Waals surface area contributed by atoms with Crippen molar-refractivity contribution in [2.75, 3.05) is 4.90 Å². The van der Waals surface area contributed by atoms with Gasteiger partial charge in [-0.15, -0.1) is 0 Å². The molecule has 4 unspecified atom stereocenters. The van der Waals surface area contributed by atoms with Crippen LogP contribution in [0.15, 0.2) is 217 Å². The van der Waals surface area contributed by atoms with Gasteiger partial charge in [-0.25, -0.2) is 0 Å². The molecule has 2 spiro atoms. The van der Waals surface area contributed by atoms with Crippen molar-refractivity contribution in [2.24, 2.45) is 29.1 Å². The summed E-state index contributed by atoms with van der Waals surface area (Å²) in [5, 5.41) is 4.75. The third kappa shape index (κ3) is 6.08. The number of para-hydroxylation sites is 4. The maximum absolute atomic E-state index is 6.60. The summed E-state index contributed by atoms with van der Waals surface area (Å²) in [6.07, 6.45) is 4.25. The molecule has 0 N–H and O–H groups in total. The lowest BCUT2D eigenvalue weighted by molar-refractivity contribution is -0.412. The van der Waals surface area contributed by atoms with Gasteiger partial charge in [0.2, 0.25) is 0 Å². The zero-order chi connectivity index (χ0) is 51.7. The fourth-order valence-corrected chi connectivity index (χ4v) is 16.6. The molecule has 0 amide bonds. The lowest BCUT2D eigenvalue weighted by atomic mass is 9.11. The first kappa shape index (κ1) is 45.3. The number of rotatable bonds is 7. The van der Waals surface area contributed by atoms with Crippen LogP contribution in [-0.2, 0) is 16.2 Å². The second-order valence-corrected chi connectivity index (χ2v) is 25.6. The number of benzene rings is 10. The van der Waals surface area contributed by atoms with Gasteiger partial charge >= 0.3 is 0 Å². The molecule has 0 bridgehead atoms. The van der Waals surface area contributed by atoms with Crippen molar-refractivity contribution in [2.45, 2.75) is 77.0 Å². The van der Waals surface area contributed by atoms with Crippen molar-refractivity contribution < 1.29 is 4.42 Å². The van der Waals surface area contributed by atoms with E-state index in [0.29, 0.717) is 5.41 Å². The van der Waals surface area contributed by atoms with E-state index in [-0.39, 0.29) is 16.2 Å². The Kier molecular flexibility index (Phi) is 9.31. The summed E-state index contributed by atoms with van der Waals surface area (Å²) in [4.78, 5) is 2.58. The third-order valence-electron chi connectivity index (χ3n) is 20.1. The monoisotopic (exact) mass is 993 g/mol. The van der Waals surface area contributed by atoms with Crippen LogP contribution in [0.2, 0.25) is 0 Å². The van der Waals surface area contributed by atoms with Crippen molar-refractivity contribution >= 4 is 49.8 Å². The lowest BCUT2D eigenvalue weighted by Gasteiger charge is -2.92. The minimum atomic E-state index is -0.0210. The molecule has 4 fully saturated rings. The molecule has 1 aromatic heterocycles. The first-order valence-corrected chi connectivity index (χ1v) is 28.3. The quantitative estimate of drug-likeness (QED) is 0.158. The molecule has 5 aliphatic rings. The van der Waals surface area contributed by atoms with Gasteiger partial charge < -0.3 is 9.32 Å². The van der Waals surface area contributed by atoms with Crippen LogP contribution in [0.25, 0.3) is 88.3 Å². The summed E-state index contributed by atoms with van der Waals surface area (Å²) in [5.41, 5.74) is 24.3. The summed E-state index contributed by atoms with van der Waals surface area (Å²) >= 11 is 0. The highest BCUT2D eigenvalue weighted by molar-refractivity contribution is 6.10. The van der Waals surface area contributed by atoms with E-state index in [4.69, 9.17) is 4.42 Å². The molecule has 77 heavy (non-hydrogen) atoms. The van der Waals surface area contributed by atoms with E-state index in [1.54, 1.807) is 11.1 Å². The van der Waals surface area contributed by atoms with Crippen molar-refractivity contribution in [3.8, 4) is 55.6 Å². The molecular weight excluding hydrogens is 931 g/mol. The van der Waals surface area contributed by atoms with Crippen LogP contribution in [0.3, 0.4) is 0 Å². The van der Waals surface area contributed by atoms with E-state index in [9.17, 15) is 0 Å². The number of hydrogen-bond acceptors (Lipinski definition) is 2. The normalized spacial score (nSPS) is 22.4. The van der Waals surface area contributed by atoms with Gasteiger partial charge in [0.05, 0.1) is 17.1 Å². The Morgan fingerprint density at radius 2 is 0.909 bits per heavy atom. The number of fused-ring (bicyclic) bond motifs is 11. The Morgan fingerprint density at radius 1 is 0.390 bits per heavy atom. The van der Waals surface area contributed by atoms with Crippen LogP contribution in [-0.4, -0.2) is 0 Å². The Bertz CT molecular complexity index is 4220. The van der Waals surface area contributed by atoms with Crippen molar-refractivity contribution in [1.82, 2.24) is 0 Å². The van der Waals surface area contributed by atoms with E-state index in [1.807, 2.05) is 0 Å². The van der Waals surface area contributed by atoms with Crippen LogP contribution < -0.4 is 4.90 Å². The van der Waals surface area contributed by atoms with Crippen LogP contribution in [0.5, 0.6) is 0 Å². The van der Waals surface area contributed by atoms with Crippen molar-refractivity contribution in [1.29, 1.82) is 0 Å². The van der Waals surface area contributed by atoms with E-state index in [0.717, 1.165) is 73.8 Å². The summed E-state index contributed by atoms with van der Waals surface area (Å²) in [7, 11) is 0. The van der Waals surface area contributed by atoms with E-state index in [1.165, 1.54) is 85.7 Å². The second kappa shape index (κ2) is 15.8. The van der Waals surface area contributed by atoms with Gasteiger partial charge in [0, 0.05) is 32.9 Å². The largest absolute Gasteiger partial charge is 0.456 e. The zero-order valence-electron chi connectivity index (χ0n) is 45.0. The molecule has 5 aliphatic carbocycles. The highest BCUT2D eigenvalue weighted by atomic mass is 16.3. The van der Waals surface area contributed by atoms with Crippen molar-refractivity contribution in [3.05, 3.63) is 235 Å². The molecule has 374 valence electrons.